The van der Waals surface area contributed by atoms with Gasteiger partial charge >= 0.3 is 0 Å². The number of ether oxygens (including phenoxy) is 1. The van der Waals surface area contributed by atoms with Crippen LogP contribution in [0.1, 0.15) is 5.56 Å². The van der Waals surface area contributed by atoms with Gasteiger partial charge in [0.2, 0.25) is 5.91 Å². The van der Waals surface area contributed by atoms with Crippen LogP contribution in [0.5, 0.6) is 5.75 Å². The van der Waals surface area contributed by atoms with Gasteiger partial charge in [-0.2, -0.15) is 0 Å². The number of carbonyl (C=O) groups is 1. The Morgan fingerprint density at radius 1 is 1.31 bits per heavy atom. The van der Waals surface area contributed by atoms with Crippen molar-refractivity contribution in [2.45, 2.75) is 6.92 Å². The van der Waals surface area contributed by atoms with Gasteiger partial charge in [0.15, 0.2) is 5.13 Å². The number of aryl methyl sites for hydroxylation is 1. The van der Waals surface area contributed by atoms with Gasteiger partial charge in [-0.3, -0.25) is 4.79 Å². The number of nitrogens with one attached hydrogen (secondary N) is 1. The van der Waals surface area contributed by atoms with Gasteiger partial charge in [0.25, 0.3) is 0 Å². The summed E-state index contributed by atoms with van der Waals surface area (Å²) in [7, 11) is 1.65. The number of nitrogens with zero attached hydrogens (tertiary/aromatic N) is 2. The lowest BCUT2D eigenvalue weighted by Gasteiger charge is -2.37. The number of methoxy groups -OCH3 is 1. The minimum atomic E-state index is -0.0448. The highest BCUT2D eigenvalue weighted by atomic mass is 35.5. The molecule has 0 saturated carbocycles. The molecule has 1 saturated heterocycles. The molecular weight excluding hydrogens is 370 g/mol. The van der Waals surface area contributed by atoms with E-state index >= 15 is 0 Å². The number of thiazole rings is 1. The van der Waals surface area contributed by atoms with Crippen molar-refractivity contribution in [2.75, 3.05) is 30.4 Å². The minimum Gasteiger partial charge on any atom is -0.497 e. The van der Waals surface area contributed by atoms with Gasteiger partial charge in [-0.25, -0.2) is 4.98 Å². The third kappa shape index (κ3) is 3.22. The molecule has 7 heteroatoms. The Balaban J connectivity index is 1.40. The van der Waals surface area contributed by atoms with Crippen LogP contribution in [-0.2, 0) is 4.79 Å². The normalized spacial score (nSPS) is 14.3. The van der Waals surface area contributed by atoms with Crippen LogP contribution in [0.3, 0.4) is 0 Å². The molecule has 5 nitrogen and oxygen atoms in total. The molecule has 1 N–H and O–H groups in total. The van der Waals surface area contributed by atoms with Gasteiger partial charge in [-0.1, -0.05) is 29.0 Å². The first-order valence-electron chi connectivity index (χ1n) is 8.30. The van der Waals surface area contributed by atoms with Gasteiger partial charge in [0.1, 0.15) is 5.75 Å². The molecule has 0 bridgehead atoms. The van der Waals surface area contributed by atoms with Crippen molar-refractivity contribution in [3.8, 4) is 5.75 Å². The summed E-state index contributed by atoms with van der Waals surface area (Å²) in [6.45, 7) is 3.27. The molecule has 0 radical (unpaired) electrons. The Bertz CT molecular complexity index is 982. The minimum absolute atomic E-state index is 0.0175. The summed E-state index contributed by atoms with van der Waals surface area (Å²) in [4.78, 5) is 19.2. The maximum atomic E-state index is 12.4. The Morgan fingerprint density at radius 3 is 2.85 bits per heavy atom. The third-order valence-electron chi connectivity index (χ3n) is 4.55. The van der Waals surface area contributed by atoms with E-state index in [4.69, 9.17) is 16.3 Å². The quantitative estimate of drug-likeness (QED) is 0.723. The molecule has 1 aromatic heterocycles. The molecule has 2 aromatic carbocycles. The van der Waals surface area contributed by atoms with Crippen molar-refractivity contribution in [1.29, 1.82) is 0 Å². The maximum Gasteiger partial charge on any atom is 0.231 e. The fourth-order valence-electron chi connectivity index (χ4n) is 2.87. The molecule has 1 fully saturated rings. The molecule has 3 aromatic rings. The molecule has 0 atom stereocenters. The second kappa shape index (κ2) is 6.78. The highest BCUT2D eigenvalue weighted by molar-refractivity contribution is 7.22. The summed E-state index contributed by atoms with van der Waals surface area (Å²) in [6.07, 6.45) is 0. The van der Waals surface area contributed by atoms with Crippen LogP contribution in [0.2, 0.25) is 5.02 Å². The first-order valence-corrected chi connectivity index (χ1v) is 9.49. The van der Waals surface area contributed by atoms with Crippen LogP contribution in [0.25, 0.3) is 10.2 Å². The number of rotatable bonds is 4. The van der Waals surface area contributed by atoms with Crippen molar-refractivity contribution >= 4 is 49.9 Å². The van der Waals surface area contributed by atoms with Crippen LogP contribution >= 0.6 is 22.9 Å². The standard InChI is InChI=1S/C19H18ClN3O2S/c1-11-3-4-13(7-15(11)20)21-18(24)12-9-23(10-12)19-22-16-8-14(25-2)5-6-17(16)26-19/h3-8,12H,9-10H2,1-2H3,(H,21,24). The van der Waals surface area contributed by atoms with Crippen LogP contribution in [0.15, 0.2) is 36.4 Å². The van der Waals surface area contributed by atoms with E-state index in [2.05, 4.69) is 15.2 Å². The largest absolute Gasteiger partial charge is 0.497 e. The zero-order chi connectivity index (χ0) is 18.3. The summed E-state index contributed by atoms with van der Waals surface area (Å²) in [6, 6.07) is 11.4. The molecule has 0 unspecified atom stereocenters. The number of aromatic nitrogens is 1. The topological polar surface area (TPSA) is 54.5 Å². The van der Waals surface area contributed by atoms with E-state index in [1.165, 1.54) is 0 Å². The molecule has 0 aliphatic carbocycles. The Morgan fingerprint density at radius 2 is 2.12 bits per heavy atom. The number of amides is 1. The van der Waals surface area contributed by atoms with Crippen molar-refractivity contribution in [2.24, 2.45) is 5.92 Å². The van der Waals surface area contributed by atoms with Crippen molar-refractivity contribution in [3.63, 3.8) is 0 Å². The highest BCUT2D eigenvalue weighted by Gasteiger charge is 2.34. The third-order valence-corrected chi connectivity index (χ3v) is 6.05. The van der Waals surface area contributed by atoms with Crippen LogP contribution in [0, 0.1) is 12.8 Å². The fourth-order valence-corrected chi connectivity index (χ4v) is 4.02. The molecule has 1 amide bonds. The lowest BCUT2D eigenvalue weighted by atomic mass is 10.00. The lowest BCUT2D eigenvalue weighted by Crippen LogP contribution is -2.52. The number of halogens is 1. The zero-order valence-electron chi connectivity index (χ0n) is 14.5. The first kappa shape index (κ1) is 17.1. The number of hydrogen-bond acceptors (Lipinski definition) is 5. The van der Waals surface area contributed by atoms with Crippen LogP contribution < -0.4 is 15.0 Å². The second-order valence-electron chi connectivity index (χ2n) is 6.39. The van der Waals surface area contributed by atoms with Crippen molar-refractivity contribution in [1.82, 2.24) is 4.98 Å². The van der Waals surface area contributed by atoms with Crippen LogP contribution in [0.4, 0.5) is 10.8 Å². The Kier molecular flexibility index (Phi) is 4.46. The monoisotopic (exact) mass is 387 g/mol. The van der Waals surface area contributed by atoms with E-state index in [1.807, 2.05) is 37.3 Å². The molecule has 1 aliphatic rings. The fraction of sp³-hybridized carbons (Fsp3) is 0.263. The Labute approximate surface area is 160 Å². The van der Waals surface area contributed by atoms with E-state index in [1.54, 1.807) is 24.5 Å². The van der Waals surface area contributed by atoms with Crippen molar-refractivity contribution < 1.29 is 9.53 Å². The summed E-state index contributed by atoms with van der Waals surface area (Å²) in [5.74, 6) is 0.771. The predicted molar refractivity (Wildman–Crippen MR) is 107 cm³/mol. The van der Waals surface area contributed by atoms with E-state index in [0.717, 1.165) is 32.3 Å². The SMILES string of the molecule is COc1ccc2sc(N3CC(C(=O)Nc4ccc(C)c(Cl)c4)C3)nc2c1. The average Bonchev–Trinajstić information content (AvgIpc) is 2.99. The number of anilines is 2. The number of hydrogen-bond donors (Lipinski definition) is 1. The van der Waals surface area contributed by atoms with E-state index in [0.29, 0.717) is 18.1 Å². The summed E-state index contributed by atoms with van der Waals surface area (Å²) < 4.78 is 6.36. The zero-order valence-corrected chi connectivity index (χ0v) is 16.0. The van der Waals surface area contributed by atoms with Crippen LogP contribution in [-0.4, -0.2) is 31.1 Å². The van der Waals surface area contributed by atoms with Crippen molar-refractivity contribution in [3.05, 3.63) is 47.0 Å². The summed E-state index contributed by atoms with van der Waals surface area (Å²) in [5.41, 5.74) is 2.65. The van der Waals surface area contributed by atoms with Gasteiger partial charge in [-0.15, -0.1) is 0 Å². The van der Waals surface area contributed by atoms with Gasteiger partial charge in [-0.05, 0) is 36.8 Å². The number of carbonyl (C=O) groups excluding carboxylic acids is 1. The van der Waals surface area contributed by atoms with Gasteiger partial charge in [0, 0.05) is 29.9 Å². The van der Waals surface area contributed by atoms with Gasteiger partial charge < -0.3 is 15.0 Å². The first-order chi connectivity index (χ1) is 12.5. The predicted octanol–water partition coefficient (Wildman–Crippen LogP) is 4.34. The number of fused-ring (bicyclic) bond motifs is 1. The molecule has 1 aliphatic heterocycles. The molecule has 2 heterocycles. The average molecular weight is 388 g/mol. The molecular formula is C19H18ClN3O2S. The molecule has 4 rings (SSSR count). The van der Waals surface area contributed by atoms with Gasteiger partial charge in [0.05, 0.1) is 23.2 Å². The maximum absolute atomic E-state index is 12.4. The summed E-state index contributed by atoms with van der Waals surface area (Å²) in [5, 5.41) is 4.54. The van der Waals surface area contributed by atoms with E-state index in [9.17, 15) is 4.79 Å². The smallest absolute Gasteiger partial charge is 0.231 e. The molecule has 134 valence electrons. The highest BCUT2D eigenvalue weighted by Crippen LogP contribution is 2.34. The lowest BCUT2D eigenvalue weighted by molar-refractivity contribution is -0.120. The Hall–Kier alpha value is -2.31. The molecule has 26 heavy (non-hydrogen) atoms. The van der Waals surface area contributed by atoms with E-state index < -0.39 is 0 Å². The number of benzene rings is 2. The second-order valence-corrected chi connectivity index (χ2v) is 7.80. The molecule has 0 spiro atoms. The van der Waals surface area contributed by atoms with E-state index in [-0.39, 0.29) is 11.8 Å². The summed E-state index contributed by atoms with van der Waals surface area (Å²) >= 11 is 7.74.